The summed E-state index contributed by atoms with van der Waals surface area (Å²) in [6.07, 6.45) is 0. The van der Waals surface area contributed by atoms with Crippen molar-refractivity contribution in [3.63, 3.8) is 0 Å². The molecule has 3 rings (SSSR count). The zero-order chi connectivity index (χ0) is 15.1. The van der Waals surface area contributed by atoms with E-state index in [1.807, 2.05) is 30.3 Å². The average Bonchev–Trinajstić information content (AvgIpc) is 2.77. The fourth-order valence-corrected chi connectivity index (χ4v) is 2.40. The lowest BCUT2D eigenvalue weighted by molar-refractivity contribution is -0.114. The van der Waals surface area contributed by atoms with Crippen LogP contribution in [-0.2, 0) is 4.79 Å². The van der Waals surface area contributed by atoms with Crippen LogP contribution >= 0.6 is 0 Å². The lowest BCUT2D eigenvalue weighted by Gasteiger charge is -2.14. The third-order valence-corrected chi connectivity index (χ3v) is 3.34. The molecule has 0 atom stereocenters. The topological polar surface area (TPSA) is 90.0 Å². The minimum atomic E-state index is -0.514. The van der Waals surface area contributed by atoms with Gasteiger partial charge in [0.15, 0.2) is 0 Å². The number of amides is 2. The lowest BCUT2D eigenvalue weighted by atomic mass is 9.98. The molecule has 0 fully saturated rings. The van der Waals surface area contributed by atoms with Crippen molar-refractivity contribution in [2.24, 2.45) is 0 Å². The molecule has 0 saturated heterocycles. The molecule has 0 saturated carbocycles. The average molecular weight is 282 g/mol. The molecule has 21 heavy (non-hydrogen) atoms. The summed E-state index contributed by atoms with van der Waals surface area (Å²) in [5, 5.41) is 6.68. The largest absolute Gasteiger partial charge is 0.383 e. The van der Waals surface area contributed by atoms with Crippen LogP contribution in [0.3, 0.4) is 0 Å². The first-order chi connectivity index (χ1) is 10.0. The molecule has 6 nitrogen and oxygen atoms in total. The molecule has 1 aromatic carbocycles. The van der Waals surface area contributed by atoms with Crippen molar-refractivity contribution >= 4 is 23.2 Å². The molecule has 0 aliphatic carbocycles. The van der Waals surface area contributed by atoms with Gasteiger partial charge in [-0.25, -0.2) is 4.68 Å². The molecule has 3 N–H and O–H groups in total. The Labute approximate surface area is 121 Å². The predicted octanol–water partition coefficient (Wildman–Crippen LogP) is 1.52. The van der Waals surface area contributed by atoms with Gasteiger partial charge in [-0.1, -0.05) is 23.8 Å². The number of para-hydroxylation sites is 1. The minimum Gasteiger partial charge on any atom is -0.383 e. The van der Waals surface area contributed by atoms with Gasteiger partial charge in [0.25, 0.3) is 11.8 Å². The van der Waals surface area contributed by atoms with Gasteiger partial charge in [0, 0.05) is 0 Å². The summed E-state index contributed by atoms with van der Waals surface area (Å²) >= 11 is 0. The van der Waals surface area contributed by atoms with Crippen LogP contribution in [0.4, 0.5) is 5.82 Å². The van der Waals surface area contributed by atoms with E-state index < -0.39 is 11.8 Å². The molecule has 0 radical (unpaired) electrons. The van der Waals surface area contributed by atoms with Crippen LogP contribution in [0.25, 0.3) is 11.3 Å². The summed E-state index contributed by atoms with van der Waals surface area (Å²) in [7, 11) is 0. The Morgan fingerprint density at radius 1 is 1.14 bits per heavy atom. The number of carbonyl (C=O) groups excluding carboxylic acids is 2. The van der Waals surface area contributed by atoms with E-state index in [0.717, 1.165) is 11.3 Å². The van der Waals surface area contributed by atoms with Gasteiger partial charge in [-0.2, -0.15) is 5.10 Å². The molecule has 0 unspecified atom stereocenters. The molecule has 0 spiro atoms. The Balaban J connectivity index is 2.30. The molecule has 2 aromatic rings. The summed E-state index contributed by atoms with van der Waals surface area (Å²) in [5.41, 5.74) is 8.55. The minimum absolute atomic E-state index is 0.222. The second kappa shape index (κ2) is 4.59. The first-order valence-electron chi connectivity index (χ1n) is 6.48. The lowest BCUT2D eigenvalue weighted by Crippen LogP contribution is -2.36. The highest BCUT2D eigenvalue weighted by Gasteiger charge is 2.34. The van der Waals surface area contributed by atoms with Gasteiger partial charge in [-0.05, 0) is 26.0 Å². The molecule has 2 heterocycles. The number of nitrogens with one attached hydrogen (secondary N) is 1. The Morgan fingerprint density at radius 2 is 1.81 bits per heavy atom. The Hall–Kier alpha value is -2.89. The third kappa shape index (κ3) is 1.92. The molecule has 1 aromatic heterocycles. The van der Waals surface area contributed by atoms with Crippen LogP contribution in [0, 0.1) is 0 Å². The molecular formula is C15H14N4O2. The summed E-state index contributed by atoms with van der Waals surface area (Å²) in [4.78, 5) is 24.0. The highest BCUT2D eigenvalue weighted by molar-refractivity contribution is 6.32. The number of benzene rings is 1. The van der Waals surface area contributed by atoms with Crippen LogP contribution < -0.4 is 11.1 Å². The maximum Gasteiger partial charge on any atom is 0.264 e. The molecule has 2 amide bonds. The van der Waals surface area contributed by atoms with Gasteiger partial charge in [0.2, 0.25) is 0 Å². The van der Waals surface area contributed by atoms with Gasteiger partial charge < -0.3 is 5.73 Å². The number of carbonyl (C=O) groups is 2. The van der Waals surface area contributed by atoms with Crippen LogP contribution in [-0.4, -0.2) is 21.6 Å². The SMILES string of the molecule is CC(C)=C1C(=O)NC(=O)c2c1nn(-c1ccccc1)c2N. The van der Waals surface area contributed by atoms with E-state index in [1.54, 1.807) is 13.8 Å². The first kappa shape index (κ1) is 13.1. The molecule has 6 heteroatoms. The number of allylic oxidation sites excluding steroid dienone is 1. The van der Waals surface area contributed by atoms with Crippen molar-refractivity contribution in [1.29, 1.82) is 0 Å². The number of hydrogen-bond acceptors (Lipinski definition) is 4. The van der Waals surface area contributed by atoms with Gasteiger partial charge >= 0.3 is 0 Å². The van der Waals surface area contributed by atoms with Crippen molar-refractivity contribution in [2.45, 2.75) is 13.8 Å². The highest BCUT2D eigenvalue weighted by Crippen LogP contribution is 2.31. The third-order valence-electron chi connectivity index (χ3n) is 3.34. The van der Waals surface area contributed by atoms with Crippen molar-refractivity contribution in [3.8, 4) is 5.69 Å². The normalized spacial score (nSPS) is 13.9. The van der Waals surface area contributed by atoms with Crippen LogP contribution in [0.5, 0.6) is 0 Å². The molecule has 1 aliphatic rings. The summed E-state index contributed by atoms with van der Waals surface area (Å²) < 4.78 is 1.48. The number of nitrogens with two attached hydrogens (primary N) is 1. The summed E-state index contributed by atoms with van der Waals surface area (Å²) in [5.74, 6) is -0.732. The number of nitrogen functional groups attached to an aromatic ring is 1. The standard InChI is InChI=1S/C15H14N4O2/c1-8(2)10-12-11(15(21)17-14(10)20)13(16)19(18-12)9-6-4-3-5-7-9/h3-7H,16H2,1-2H3,(H,17,20,21). The van der Waals surface area contributed by atoms with Crippen LogP contribution in [0.15, 0.2) is 35.9 Å². The van der Waals surface area contributed by atoms with Crippen molar-refractivity contribution in [3.05, 3.63) is 47.2 Å². The van der Waals surface area contributed by atoms with Gasteiger partial charge in [-0.15, -0.1) is 0 Å². The van der Waals surface area contributed by atoms with E-state index in [2.05, 4.69) is 10.4 Å². The number of rotatable bonds is 1. The predicted molar refractivity (Wildman–Crippen MR) is 78.7 cm³/mol. The van der Waals surface area contributed by atoms with Gasteiger partial charge in [-0.3, -0.25) is 14.9 Å². The maximum atomic E-state index is 12.0. The fourth-order valence-electron chi connectivity index (χ4n) is 2.40. The van der Waals surface area contributed by atoms with Gasteiger partial charge in [0.1, 0.15) is 17.1 Å². The number of imide groups is 1. The smallest absolute Gasteiger partial charge is 0.264 e. The number of hydrogen-bond donors (Lipinski definition) is 2. The quantitative estimate of drug-likeness (QED) is 0.613. The molecule has 0 bridgehead atoms. The van der Waals surface area contributed by atoms with Crippen molar-refractivity contribution in [1.82, 2.24) is 15.1 Å². The zero-order valence-corrected chi connectivity index (χ0v) is 11.7. The second-order valence-corrected chi connectivity index (χ2v) is 5.01. The monoisotopic (exact) mass is 282 g/mol. The van der Waals surface area contributed by atoms with Crippen molar-refractivity contribution in [2.75, 3.05) is 5.73 Å². The Morgan fingerprint density at radius 3 is 2.43 bits per heavy atom. The molecular weight excluding hydrogens is 268 g/mol. The molecule has 106 valence electrons. The summed E-state index contributed by atoms with van der Waals surface area (Å²) in [6, 6.07) is 9.24. The highest BCUT2D eigenvalue weighted by atomic mass is 16.2. The van der Waals surface area contributed by atoms with Crippen molar-refractivity contribution < 1.29 is 9.59 Å². The molecule has 1 aliphatic heterocycles. The Bertz CT molecular complexity index is 784. The van der Waals surface area contributed by atoms with E-state index in [9.17, 15) is 9.59 Å². The number of anilines is 1. The van der Waals surface area contributed by atoms with E-state index in [-0.39, 0.29) is 11.4 Å². The summed E-state index contributed by atoms with van der Waals surface area (Å²) in [6.45, 7) is 3.60. The second-order valence-electron chi connectivity index (χ2n) is 5.01. The van der Waals surface area contributed by atoms with E-state index in [4.69, 9.17) is 5.73 Å². The van der Waals surface area contributed by atoms with Crippen LogP contribution in [0.2, 0.25) is 0 Å². The zero-order valence-electron chi connectivity index (χ0n) is 11.7. The van der Waals surface area contributed by atoms with Gasteiger partial charge in [0.05, 0.1) is 11.3 Å². The van der Waals surface area contributed by atoms with E-state index in [0.29, 0.717) is 11.3 Å². The maximum absolute atomic E-state index is 12.0. The van der Waals surface area contributed by atoms with Crippen LogP contribution in [0.1, 0.15) is 29.9 Å². The number of aromatic nitrogens is 2. The fraction of sp³-hybridized carbons (Fsp3) is 0.133. The number of nitrogens with zero attached hydrogens (tertiary/aromatic N) is 2. The van der Waals surface area contributed by atoms with E-state index in [1.165, 1.54) is 4.68 Å². The number of fused-ring (bicyclic) bond motifs is 1. The first-order valence-corrected chi connectivity index (χ1v) is 6.48. The van der Waals surface area contributed by atoms with E-state index >= 15 is 0 Å². The Kier molecular flexibility index (Phi) is 2.86.